The number of nitro benzene ring substituents is 1. The van der Waals surface area contributed by atoms with Gasteiger partial charge in [0.1, 0.15) is 6.10 Å². The minimum Gasteiger partial charge on any atom is -0.376 e. The molecule has 1 fully saturated rings. The van der Waals surface area contributed by atoms with E-state index in [1.807, 2.05) is 0 Å². The van der Waals surface area contributed by atoms with Gasteiger partial charge in [0.25, 0.3) is 5.69 Å². The summed E-state index contributed by atoms with van der Waals surface area (Å²) in [5.41, 5.74) is 0.854. The molecule has 86 valence electrons. The second kappa shape index (κ2) is 4.90. The summed E-state index contributed by atoms with van der Waals surface area (Å²) >= 11 is 3.13. The molecule has 1 aromatic carbocycles. The van der Waals surface area contributed by atoms with Gasteiger partial charge in [0.2, 0.25) is 0 Å². The van der Waals surface area contributed by atoms with Crippen LogP contribution in [0.4, 0.5) is 5.69 Å². The summed E-state index contributed by atoms with van der Waals surface area (Å²) in [7, 11) is 0. The van der Waals surface area contributed by atoms with Gasteiger partial charge < -0.3 is 9.47 Å². The Balaban J connectivity index is 2.03. The van der Waals surface area contributed by atoms with Crippen LogP contribution in [0.3, 0.4) is 0 Å². The van der Waals surface area contributed by atoms with E-state index in [2.05, 4.69) is 15.9 Å². The lowest BCUT2D eigenvalue weighted by Crippen LogP contribution is -2.35. The fourth-order valence-corrected chi connectivity index (χ4v) is 1.70. The van der Waals surface area contributed by atoms with Crippen molar-refractivity contribution in [3.05, 3.63) is 38.3 Å². The van der Waals surface area contributed by atoms with Crippen LogP contribution in [0.15, 0.2) is 22.7 Å². The third kappa shape index (κ3) is 2.58. The highest BCUT2D eigenvalue weighted by molar-refractivity contribution is 9.10. The summed E-state index contributed by atoms with van der Waals surface area (Å²) < 4.78 is 10.9. The molecular weight excluding hydrogens is 278 g/mol. The quantitative estimate of drug-likeness (QED) is 0.630. The fraction of sp³-hybridized carbons (Fsp3) is 0.400. The van der Waals surface area contributed by atoms with E-state index in [-0.39, 0.29) is 11.8 Å². The predicted octanol–water partition coefficient (Wildman–Crippen LogP) is 2.27. The van der Waals surface area contributed by atoms with Crippen LogP contribution in [0.5, 0.6) is 0 Å². The van der Waals surface area contributed by atoms with E-state index in [1.165, 1.54) is 6.07 Å². The average Bonchev–Trinajstić information content (AvgIpc) is 2.17. The highest BCUT2D eigenvalue weighted by atomic mass is 79.9. The van der Waals surface area contributed by atoms with Gasteiger partial charge in [0.05, 0.1) is 29.2 Å². The maximum Gasteiger partial charge on any atom is 0.283 e. The molecule has 0 unspecified atom stereocenters. The zero-order valence-corrected chi connectivity index (χ0v) is 9.97. The van der Waals surface area contributed by atoms with Gasteiger partial charge in [-0.2, -0.15) is 0 Å². The standard InChI is InChI=1S/C10H10BrNO4/c11-9-2-1-7(3-10(9)12(13)14)4-16-8-5-15-6-8/h1-3,8H,4-6H2. The van der Waals surface area contributed by atoms with Crippen LogP contribution >= 0.6 is 15.9 Å². The molecule has 0 bridgehead atoms. The van der Waals surface area contributed by atoms with E-state index in [0.29, 0.717) is 24.3 Å². The van der Waals surface area contributed by atoms with Gasteiger partial charge in [0, 0.05) is 6.07 Å². The zero-order valence-electron chi connectivity index (χ0n) is 8.39. The number of halogens is 1. The summed E-state index contributed by atoms with van der Waals surface area (Å²) in [6.07, 6.45) is 0.128. The Hall–Kier alpha value is -0.980. The molecule has 0 aromatic heterocycles. The minimum absolute atomic E-state index is 0.0611. The second-order valence-electron chi connectivity index (χ2n) is 3.51. The molecule has 2 rings (SSSR count). The normalized spacial score (nSPS) is 15.8. The van der Waals surface area contributed by atoms with E-state index in [9.17, 15) is 10.1 Å². The number of nitrogens with zero attached hydrogens (tertiary/aromatic N) is 1. The molecule has 1 aliphatic heterocycles. The van der Waals surface area contributed by atoms with Crippen molar-refractivity contribution < 1.29 is 14.4 Å². The molecule has 0 N–H and O–H groups in total. The van der Waals surface area contributed by atoms with Crippen molar-refractivity contribution in [2.75, 3.05) is 13.2 Å². The molecule has 0 atom stereocenters. The van der Waals surface area contributed by atoms with E-state index < -0.39 is 4.92 Å². The molecule has 1 heterocycles. The summed E-state index contributed by atoms with van der Waals surface area (Å²) in [4.78, 5) is 10.3. The Morgan fingerprint density at radius 1 is 1.56 bits per heavy atom. The summed E-state index contributed by atoms with van der Waals surface area (Å²) in [6.45, 7) is 1.60. The Morgan fingerprint density at radius 3 is 2.88 bits per heavy atom. The van der Waals surface area contributed by atoms with Crippen molar-refractivity contribution in [2.45, 2.75) is 12.7 Å². The maximum absolute atomic E-state index is 10.7. The van der Waals surface area contributed by atoms with Crippen molar-refractivity contribution in [3.63, 3.8) is 0 Å². The number of hydrogen-bond acceptors (Lipinski definition) is 4. The molecule has 0 saturated carbocycles. The number of benzene rings is 1. The van der Waals surface area contributed by atoms with Gasteiger partial charge >= 0.3 is 0 Å². The molecule has 16 heavy (non-hydrogen) atoms. The van der Waals surface area contributed by atoms with E-state index in [4.69, 9.17) is 9.47 Å². The highest BCUT2D eigenvalue weighted by Gasteiger charge is 2.19. The summed E-state index contributed by atoms with van der Waals surface area (Å²) in [5, 5.41) is 10.7. The topological polar surface area (TPSA) is 61.6 Å². The average molecular weight is 288 g/mol. The van der Waals surface area contributed by atoms with Gasteiger partial charge in [-0.1, -0.05) is 6.07 Å². The van der Waals surface area contributed by atoms with Gasteiger partial charge in [-0.15, -0.1) is 0 Å². The lowest BCUT2D eigenvalue weighted by atomic mass is 10.2. The summed E-state index contributed by atoms with van der Waals surface area (Å²) in [5.74, 6) is 0. The zero-order chi connectivity index (χ0) is 11.5. The summed E-state index contributed by atoms with van der Waals surface area (Å²) in [6, 6.07) is 4.98. The number of ether oxygens (including phenoxy) is 2. The maximum atomic E-state index is 10.7. The largest absolute Gasteiger partial charge is 0.376 e. The molecule has 5 nitrogen and oxygen atoms in total. The van der Waals surface area contributed by atoms with Gasteiger partial charge in [0.15, 0.2) is 0 Å². The van der Waals surface area contributed by atoms with E-state index in [0.717, 1.165) is 5.56 Å². The first-order chi connectivity index (χ1) is 7.66. The van der Waals surface area contributed by atoms with Crippen LogP contribution in [-0.2, 0) is 16.1 Å². The van der Waals surface area contributed by atoms with Crippen molar-refractivity contribution in [1.82, 2.24) is 0 Å². The Morgan fingerprint density at radius 2 is 2.31 bits per heavy atom. The fourth-order valence-electron chi connectivity index (χ4n) is 1.31. The molecule has 0 amide bonds. The van der Waals surface area contributed by atoms with Crippen LogP contribution in [0, 0.1) is 10.1 Å². The Kier molecular flexibility index (Phi) is 3.52. The number of hydrogen-bond donors (Lipinski definition) is 0. The Labute approximate surface area is 101 Å². The lowest BCUT2D eigenvalue weighted by molar-refractivity contribution is -0.385. The Bertz CT molecular complexity index is 406. The monoisotopic (exact) mass is 287 g/mol. The molecule has 0 spiro atoms. The first-order valence-electron chi connectivity index (χ1n) is 4.79. The van der Waals surface area contributed by atoms with E-state index >= 15 is 0 Å². The van der Waals surface area contributed by atoms with Crippen molar-refractivity contribution in [2.24, 2.45) is 0 Å². The first kappa shape index (κ1) is 11.5. The third-order valence-electron chi connectivity index (χ3n) is 2.30. The SMILES string of the molecule is O=[N+]([O-])c1cc(COC2COC2)ccc1Br. The van der Waals surface area contributed by atoms with Crippen molar-refractivity contribution >= 4 is 21.6 Å². The van der Waals surface area contributed by atoms with Crippen LogP contribution in [0.25, 0.3) is 0 Å². The van der Waals surface area contributed by atoms with Crippen LogP contribution in [0.2, 0.25) is 0 Å². The smallest absolute Gasteiger partial charge is 0.283 e. The lowest BCUT2D eigenvalue weighted by Gasteiger charge is -2.25. The molecule has 0 radical (unpaired) electrons. The third-order valence-corrected chi connectivity index (χ3v) is 2.97. The van der Waals surface area contributed by atoms with Crippen LogP contribution in [0.1, 0.15) is 5.56 Å². The molecule has 1 aliphatic rings. The molecule has 1 aromatic rings. The number of rotatable bonds is 4. The molecule has 6 heteroatoms. The van der Waals surface area contributed by atoms with Gasteiger partial charge in [-0.25, -0.2) is 0 Å². The molecule has 0 aliphatic carbocycles. The number of nitro groups is 1. The molecule has 1 saturated heterocycles. The second-order valence-corrected chi connectivity index (χ2v) is 4.37. The van der Waals surface area contributed by atoms with Crippen LogP contribution < -0.4 is 0 Å². The minimum atomic E-state index is -0.417. The molecular formula is C10H10BrNO4. The first-order valence-corrected chi connectivity index (χ1v) is 5.58. The highest BCUT2D eigenvalue weighted by Crippen LogP contribution is 2.26. The predicted molar refractivity (Wildman–Crippen MR) is 60.2 cm³/mol. The van der Waals surface area contributed by atoms with Crippen molar-refractivity contribution in [3.8, 4) is 0 Å². The van der Waals surface area contributed by atoms with Crippen molar-refractivity contribution in [1.29, 1.82) is 0 Å². The van der Waals surface area contributed by atoms with E-state index in [1.54, 1.807) is 12.1 Å². The van der Waals surface area contributed by atoms with Gasteiger partial charge in [-0.05, 0) is 27.6 Å². The van der Waals surface area contributed by atoms with Crippen LogP contribution in [-0.4, -0.2) is 24.2 Å². The van der Waals surface area contributed by atoms with Gasteiger partial charge in [-0.3, -0.25) is 10.1 Å².